The highest BCUT2D eigenvalue weighted by molar-refractivity contribution is 6.30. The summed E-state index contributed by atoms with van der Waals surface area (Å²) in [7, 11) is 1.52. The summed E-state index contributed by atoms with van der Waals surface area (Å²) in [5.74, 6) is -1.11. The van der Waals surface area contributed by atoms with Crippen LogP contribution in [0.3, 0.4) is 0 Å². The fraction of sp³-hybridized carbons (Fsp3) is 0.385. The highest BCUT2D eigenvalue weighted by Gasteiger charge is 2.07. The lowest BCUT2D eigenvalue weighted by molar-refractivity contribution is -0.127. The van der Waals surface area contributed by atoms with E-state index in [9.17, 15) is 14.0 Å². The van der Waals surface area contributed by atoms with Gasteiger partial charge >= 0.3 is 0 Å². The van der Waals surface area contributed by atoms with E-state index in [-0.39, 0.29) is 29.8 Å². The topological polar surface area (TPSA) is 76.7 Å². The molecule has 8 heteroatoms. The predicted molar refractivity (Wildman–Crippen MR) is 74.8 cm³/mol. The van der Waals surface area contributed by atoms with Gasteiger partial charge in [0.15, 0.2) is 6.61 Å². The molecule has 1 aromatic rings. The summed E-state index contributed by atoms with van der Waals surface area (Å²) >= 11 is 5.57. The van der Waals surface area contributed by atoms with Crippen LogP contribution in [0.2, 0.25) is 5.02 Å². The van der Waals surface area contributed by atoms with Crippen molar-refractivity contribution in [3.63, 3.8) is 0 Å². The van der Waals surface area contributed by atoms with Gasteiger partial charge in [0.05, 0.1) is 18.2 Å². The van der Waals surface area contributed by atoms with Gasteiger partial charge in [0.2, 0.25) is 5.91 Å². The highest BCUT2D eigenvalue weighted by Crippen LogP contribution is 2.20. The molecule has 0 spiro atoms. The lowest BCUT2D eigenvalue weighted by Gasteiger charge is -2.08. The first-order valence-corrected chi connectivity index (χ1v) is 6.51. The lowest BCUT2D eigenvalue weighted by Crippen LogP contribution is -2.39. The van der Waals surface area contributed by atoms with Crippen LogP contribution in [-0.4, -0.2) is 45.2 Å². The van der Waals surface area contributed by atoms with Crippen molar-refractivity contribution in [2.75, 3.05) is 33.4 Å². The van der Waals surface area contributed by atoms with Gasteiger partial charge in [0, 0.05) is 19.7 Å². The molecule has 0 unspecified atom stereocenters. The van der Waals surface area contributed by atoms with Crippen LogP contribution in [0.4, 0.5) is 4.39 Å². The van der Waals surface area contributed by atoms with E-state index in [2.05, 4.69) is 10.6 Å². The van der Waals surface area contributed by atoms with Crippen LogP contribution in [0, 0.1) is 5.82 Å². The Morgan fingerprint density at radius 3 is 2.71 bits per heavy atom. The molecule has 21 heavy (non-hydrogen) atoms. The van der Waals surface area contributed by atoms with Crippen molar-refractivity contribution in [1.29, 1.82) is 0 Å². The molecule has 6 nitrogen and oxygen atoms in total. The van der Waals surface area contributed by atoms with Crippen LogP contribution in [0.5, 0.6) is 5.75 Å². The molecule has 0 aromatic heterocycles. The molecule has 1 rings (SSSR count). The minimum atomic E-state index is -0.568. The Balaban J connectivity index is 2.24. The maximum absolute atomic E-state index is 12.9. The smallest absolute Gasteiger partial charge is 0.258 e. The molecule has 0 aliphatic carbocycles. The third-order valence-electron chi connectivity index (χ3n) is 2.34. The second kappa shape index (κ2) is 9.15. The zero-order valence-electron chi connectivity index (χ0n) is 11.4. The van der Waals surface area contributed by atoms with E-state index in [0.717, 1.165) is 6.07 Å². The van der Waals surface area contributed by atoms with Crippen molar-refractivity contribution >= 4 is 23.4 Å². The van der Waals surface area contributed by atoms with Gasteiger partial charge in [-0.15, -0.1) is 0 Å². The van der Waals surface area contributed by atoms with E-state index >= 15 is 0 Å². The fourth-order valence-electron chi connectivity index (χ4n) is 1.30. The normalized spacial score (nSPS) is 10.0. The molecule has 0 radical (unpaired) electrons. The summed E-state index contributed by atoms with van der Waals surface area (Å²) in [6.45, 7) is 0.313. The molecule has 0 bridgehead atoms. The second-order valence-corrected chi connectivity index (χ2v) is 4.39. The van der Waals surface area contributed by atoms with Crippen molar-refractivity contribution in [3.05, 3.63) is 29.0 Å². The van der Waals surface area contributed by atoms with E-state index < -0.39 is 11.7 Å². The quantitative estimate of drug-likeness (QED) is 0.693. The van der Waals surface area contributed by atoms with E-state index in [1.165, 1.54) is 19.2 Å². The van der Waals surface area contributed by atoms with Crippen molar-refractivity contribution in [2.45, 2.75) is 0 Å². The van der Waals surface area contributed by atoms with Crippen molar-refractivity contribution in [1.82, 2.24) is 10.6 Å². The SMILES string of the molecule is COCCNC(=O)CNC(=O)COc1ccc(F)c(Cl)c1. The van der Waals surface area contributed by atoms with Crippen LogP contribution in [0.1, 0.15) is 0 Å². The molecule has 0 heterocycles. The summed E-state index contributed by atoms with van der Waals surface area (Å²) in [5.41, 5.74) is 0. The zero-order valence-corrected chi connectivity index (χ0v) is 12.2. The largest absolute Gasteiger partial charge is 0.484 e. The van der Waals surface area contributed by atoms with Crippen LogP contribution >= 0.6 is 11.6 Å². The van der Waals surface area contributed by atoms with Gasteiger partial charge in [-0.2, -0.15) is 0 Å². The number of hydrogen-bond donors (Lipinski definition) is 2. The molecule has 2 N–H and O–H groups in total. The molecule has 0 saturated carbocycles. The minimum Gasteiger partial charge on any atom is -0.484 e. The number of methoxy groups -OCH3 is 1. The first-order valence-electron chi connectivity index (χ1n) is 6.13. The van der Waals surface area contributed by atoms with Gasteiger partial charge in [0.1, 0.15) is 11.6 Å². The van der Waals surface area contributed by atoms with Crippen LogP contribution in [-0.2, 0) is 14.3 Å². The summed E-state index contributed by atoms with van der Waals surface area (Å²) in [6, 6.07) is 3.76. The van der Waals surface area contributed by atoms with Gasteiger partial charge < -0.3 is 20.1 Å². The molecular formula is C13H16ClFN2O4. The minimum absolute atomic E-state index is 0.0922. The third-order valence-corrected chi connectivity index (χ3v) is 2.63. The Hall–Kier alpha value is -1.86. The highest BCUT2D eigenvalue weighted by atomic mass is 35.5. The molecule has 2 amide bonds. The van der Waals surface area contributed by atoms with Gasteiger partial charge in [-0.3, -0.25) is 9.59 Å². The number of hydrogen-bond acceptors (Lipinski definition) is 4. The number of nitrogens with one attached hydrogen (secondary N) is 2. The Morgan fingerprint density at radius 2 is 2.05 bits per heavy atom. The number of ether oxygens (including phenoxy) is 2. The first-order chi connectivity index (χ1) is 10.0. The second-order valence-electron chi connectivity index (χ2n) is 3.98. The number of amides is 2. The average molecular weight is 319 g/mol. The van der Waals surface area contributed by atoms with Crippen LogP contribution in [0.15, 0.2) is 18.2 Å². The van der Waals surface area contributed by atoms with Gasteiger partial charge in [-0.05, 0) is 12.1 Å². The molecule has 0 saturated heterocycles. The van der Waals surface area contributed by atoms with E-state index in [1.54, 1.807) is 0 Å². The van der Waals surface area contributed by atoms with E-state index in [0.29, 0.717) is 13.2 Å². The molecular weight excluding hydrogens is 303 g/mol. The van der Waals surface area contributed by atoms with Gasteiger partial charge in [-0.25, -0.2) is 4.39 Å². The van der Waals surface area contributed by atoms with Crippen LogP contribution in [0.25, 0.3) is 0 Å². The zero-order chi connectivity index (χ0) is 15.7. The monoisotopic (exact) mass is 318 g/mol. The maximum atomic E-state index is 12.9. The number of halogens is 2. The fourth-order valence-corrected chi connectivity index (χ4v) is 1.47. The number of rotatable bonds is 8. The Morgan fingerprint density at radius 1 is 1.29 bits per heavy atom. The number of carbonyl (C=O) groups excluding carboxylic acids is 2. The Bertz CT molecular complexity index is 499. The summed E-state index contributed by atoms with van der Waals surface area (Å²) < 4.78 is 22.8. The third kappa shape index (κ3) is 6.92. The molecule has 0 atom stereocenters. The molecule has 0 aliphatic heterocycles. The first kappa shape index (κ1) is 17.2. The molecule has 116 valence electrons. The van der Waals surface area contributed by atoms with E-state index in [1.807, 2.05) is 0 Å². The van der Waals surface area contributed by atoms with E-state index in [4.69, 9.17) is 21.1 Å². The van der Waals surface area contributed by atoms with Crippen molar-refractivity contribution in [2.24, 2.45) is 0 Å². The molecule has 0 aliphatic rings. The predicted octanol–water partition coefficient (Wildman–Crippen LogP) is 0.737. The van der Waals surface area contributed by atoms with Crippen molar-refractivity contribution in [3.8, 4) is 5.75 Å². The Labute approximate surface area is 126 Å². The van der Waals surface area contributed by atoms with Crippen molar-refractivity contribution < 1.29 is 23.5 Å². The van der Waals surface area contributed by atoms with Crippen LogP contribution < -0.4 is 15.4 Å². The molecule has 1 aromatic carbocycles. The standard InChI is InChI=1S/C13H16ClFN2O4/c1-20-5-4-16-12(18)7-17-13(19)8-21-9-2-3-11(15)10(14)6-9/h2-3,6H,4-5,7-8H2,1H3,(H,16,18)(H,17,19). The molecule has 0 fully saturated rings. The lowest BCUT2D eigenvalue weighted by atomic mass is 10.3. The number of carbonyl (C=O) groups is 2. The number of benzene rings is 1. The van der Waals surface area contributed by atoms with Gasteiger partial charge in [0.25, 0.3) is 5.91 Å². The summed E-state index contributed by atoms with van der Waals surface area (Å²) in [5, 5.41) is 4.84. The summed E-state index contributed by atoms with van der Waals surface area (Å²) in [6.07, 6.45) is 0. The maximum Gasteiger partial charge on any atom is 0.258 e. The van der Waals surface area contributed by atoms with Gasteiger partial charge in [-0.1, -0.05) is 11.6 Å². The Kier molecular flexibility index (Phi) is 7.49. The average Bonchev–Trinajstić information content (AvgIpc) is 2.46. The summed E-state index contributed by atoms with van der Waals surface area (Å²) in [4.78, 5) is 22.8.